The van der Waals surface area contributed by atoms with Crippen molar-refractivity contribution in [2.75, 3.05) is 19.6 Å². The van der Waals surface area contributed by atoms with E-state index in [0.717, 1.165) is 48.4 Å². The summed E-state index contributed by atoms with van der Waals surface area (Å²) < 4.78 is 0. The summed E-state index contributed by atoms with van der Waals surface area (Å²) in [6.07, 6.45) is 4.59. The first-order chi connectivity index (χ1) is 12.7. The van der Waals surface area contributed by atoms with Crippen molar-refractivity contribution in [1.82, 2.24) is 9.88 Å². The lowest BCUT2D eigenvalue weighted by atomic mass is 9.75. The third-order valence-electron chi connectivity index (χ3n) is 5.52. The van der Waals surface area contributed by atoms with Crippen LogP contribution in [0.15, 0.2) is 55.1 Å². The molecule has 3 saturated heterocycles. The van der Waals surface area contributed by atoms with Crippen LogP contribution in [0.1, 0.15) is 24.1 Å². The van der Waals surface area contributed by atoms with Gasteiger partial charge in [0, 0.05) is 30.0 Å². The van der Waals surface area contributed by atoms with E-state index in [9.17, 15) is 5.11 Å². The molecule has 5 rings (SSSR count). The quantitative estimate of drug-likeness (QED) is 0.686. The van der Waals surface area contributed by atoms with Crippen LogP contribution in [0.2, 0.25) is 0 Å². The van der Waals surface area contributed by atoms with Crippen LogP contribution in [0.25, 0.3) is 11.3 Å². The van der Waals surface area contributed by atoms with E-state index in [1.807, 2.05) is 36.4 Å². The fourth-order valence-electron chi connectivity index (χ4n) is 4.03. The van der Waals surface area contributed by atoms with E-state index >= 15 is 0 Å². The fraction of sp³-hybridized carbons (Fsp3) is 0.348. The lowest BCUT2D eigenvalue weighted by Gasteiger charge is -2.47. The first-order valence-electron chi connectivity index (χ1n) is 9.32. The third kappa shape index (κ3) is 3.31. The maximum absolute atomic E-state index is 11.0. The van der Waals surface area contributed by atoms with E-state index in [0.29, 0.717) is 18.9 Å². The molecule has 0 spiro atoms. The Kier molecular flexibility index (Phi) is 4.63. The van der Waals surface area contributed by atoms with Gasteiger partial charge in [-0.05, 0) is 38.1 Å². The summed E-state index contributed by atoms with van der Waals surface area (Å²) in [5.74, 6) is 6.72. The number of rotatable bonds is 3. The number of aromatic nitrogens is 1. The summed E-state index contributed by atoms with van der Waals surface area (Å²) in [7, 11) is 0. The summed E-state index contributed by atoms with van der Waals surface area (Å²) in [5, 5.41) is 11.0. The molecule has 1 aromatic heterocycles. The van der Waals surface area contributed by atoms with Gasteiger partial charge in [-0.2, -0.15) is 0 Å². The Morgan fingerprint density at radius 1 is 1.19 bits per heavy atom. The summed E-state index contributed by atoms with van der Waals surface area (Å²) in [5.41, 5.74) is 2.94. The van der Waals surface area contributed by atoms with Crippen molar-refractivity contribution in [2.45, 2.75) is 24.9 Å². The Labute approximate surface area is 155 Å². The van der Waals surface area contributed by atoms with Crippen LogP contribution >= 0.6 is 0 Å². The Morgan fingerprint density at radius 3 is 2.62 bits per heavy atom. The molecule has 3 heteroatoms. The van der Waals surface area contributed by atoms with E-state index in [2.05, 4.69) is 35.5 Å². The number of hydrogen-bond donors (Lipinski definition) is 1. The van der Waals surface area contributed by atoms with E-state index < -0.39 is 5.60 Å². The molecule has 1 atom stereocenters. The van der Waals surface area contributed by atoms with Crippen LogP contribution in [0.4, 0.5) is 0 Å². The SMILES string of the molecule is C=CCc1nc(-c2ccccc2)ccc1C#CC1(O)CN2CCC1CC2. The van der Waals surface area contributed by atoms with E-state index in [4.69, 9.17) is 4.98 Å². The van der Waals surface area contributed by atoms with Crippen LogP contribution in [-0.4, -0.2) is 40.2 Å². The van der Waals surface area contributed by atoms with Gasteiger partial charge in [-0.15, -0.1) is 6.58 Å². The lowest BCUT2D eigenvalue weighted by Crippen LogP contribution is -2.58. The maximum atomic E-state index is 11.0. The van der Waals surface area contributed by atoms with Crippen molar-refractivity contribution in [3.63, 3.8) is 0 Å². The zero-order valence-electron chi connectivity index (χ0n) is 15.0. The van der Waals surface area contributed by atoms with Gasteiger partial charge in [-0.3, -0.25) is 9.88 Å². The van der Waals surface area contributed by atoms with Gasteiger partial charge in [0.2, 0.25) is 0 Å². The van der Waals surface area contributed by atoms with Crippen molar-refractivity contribution in [3.8, 4) is 23.1 Å². The highest BCUT2D eigenvalue weighted by Gasteiger charge is 2.44. The molecular formula is C23H24N2O. The highest BCUT2D eigenvalue weighted by atomic mass is 16.3. The first-order valence-corrected chi connectivity index (χ1v) is 9.32. The predicted molar refractivity (Wildman–Crippen MR) is 105 cm³/mol. The Bertz CT molecular complexity index is 857. The summed E-state index contributed by atoms with van der Waals surface area (Å²) in [4.78, 5) is 7.12. The lowest BCUT2D eigenvalue weighted by molar-refractivity contribution is -0.0713. The largest absolute Gasteiger partial charge is 0.376 e. The third-order valence-corrected chi connectivity index (χ3v) is 5.52. The van der Waals surface area contributed by atoms with Gasteiger partial charge < -0.3 is 5.11 Å². The van der Waals surface area contributed by atoms with Crippen molar-refractivity contribution < 1.29 is 5.11 Å². The smallest absolute Gasteiger partial charge is 0.141 e. The molecule has 0 aliphatic carbocycles. The summed E-state index contributed by atoms with van der Waals surface area (Å²) in [6.45, 7) is 6.69. The monoisotopic (exact) mass is 344 g/mol. The van der Waals surface area contributed by atoms with Gasteiger partial charge >= 0.3 is 0 Å². The predicted octanol–water partition coefficient (Wildman–Crippen LogP) is 3.29. The van der Waals surface area contributed by atoms with Crippen LogP contribution < -0.4 is 0 Å². The highest BCUT2D eigenvalue weighted by Crippen LogP contribution is 2.35. The minimum atomic E-state index is -0.889. The second-order valence-corrected chi connectivity index (χ2v) is 7.27. The van der Waals surface area contributed by atoms with Crippen LogP contribution in [0, 0.1) is 17.8 Å². The molecule has 1 aromatic carbocycles. The molecular weight excluding hydrogens is 320 g/mol. The molecule has 132 valence electrons. The van der Waals surface area contributed by atoms with Gasteiger partial charge in [0.15, 0.2) is 0 Å². The molecule has 0 radical (unpaired) electrons. The summed E-state index contributed by atoms with van der Waals surface area (Å²) >= 11 is 0. The highest BCUT2D eigenvalue weighted by molar-refractivity contribution is 5.60. The minimum Gasteiger partial charge on any atom is -0.376 e. The standard InChI is InChI=1S/C23H24N2O/c1-2-6-21-19(9-10-22(24-21)18-7-4-3-5-8-18)11-14-23(26)17-25-15-12-20(23)13-16-25/h2-5,7-10,20,26H,1,6,12-13,15-17H2. The molecule has 2 aromatic rings. The van der Waals surface area contributed by atoms with E-state index in [1.165, 1.54) is 0 Å². The van der Waals surface area contributed by atoms with Gasteiger partial charge in [-0.25, -0.2) is 0 Å². The number of piperidine rings is 3. The number of nitrogens with zero attached hydrogens (tertiary/aromatic N) is 2. The number of hydrogen-bond acceptors (Lipinski definition) is 3. The number of fused-ring (bicyclic) bond motifs is 3. The number of pyridine rings is 1. The van der Waals surface area contributed by atoms with Crippen molar-refractivity contribution >= 4 is 0 Å². The van der Waals surface area contributed by atoms with Crippen LogP contribution in [0.5, 0.6) is 0 Å². The molecule has 3 aliphatic rings. The molecule has 26 heavy (non-hydrogen) atoms. The van der Waals surface area contributed by atoms with Gasteiger partial charge in [-0.1, -0.05) is 48.2 Å². The number of allylic oxidation sites excluding steroid dienone is 1. The number of benzene rings is 1. The Morgan fingerprint density at radius 2 is 1.96 bits per heavy atom. The average Bonchev–Trinajstić information content (AvgIpc) is 2.69. The Hall–Kier alpha value is -2.41. The maximum Gasteiger partial charge on any atom is 0.141 e. The Balaban J connectivity index is 1.66. The van der Waals surface area contributed by atoms with Gasteiger partial charge in [0.1, 0.15) is 5.60 Å². The molecule has 3 fully saturated rings. The molecule has 2 bridgehead atoms. The van der Waals surface area contributed by atoms with E-state index in [-0.39, 0.29) is 0 Å². The molecule has 0 amide bonds. The minimum absolute atomic E-state index is 0.291. The van der Waals surface area contributed by atoms with Crippen molar-refractivity contribution in [3.05, 3.63) is 66.4 Å². The molecule has 1 N–H and O–H groups in total. The molecule has 1 unspecified atom stereocenters. The average molecular weight is 344 g/mol. The van der Waals surface area contributed by atoms with Crippen LogP contribution in [-0.2, 0) is 6.42 Å². The fourth-order valence-corrected chi connectivity index (χ4v) is 4.03. The zero-order chi connectivity index (χ0) is 18.0. The molecule has 3 nitrogen and oxygen atoms in total. The molecule has 4 heterocycles. The number of aliphatic hydroxyl groups is 1. The van der Waals surface area contributed by atoms with Gasteiger partial charge in [0.05, 0.1) is 11.4 Å². The normalized spacial score (nSPS) is 26.8. The van der Waals surface area contributed by atoms with Gasteiger partial charge in [0.25, 0.3) is 0 Å². The molecule has 3 aliphatic heterocycles. The molecule has 0 saturated carbocycles. The zero-order valence-corrected chi connectivity index (χ0v) is 15.0. The van der Waals surface area contributed by atoms with Crippen molar-refractivity contribution in [2.24, 2.45) is 5.92 Å². The topological polar surface area (TPSA) is 36.4 Å². The van der Waals surface area contributed by atoms with E-state index in [1.54, 1.807) is 0 Å². The second-order valence-electron chi connectivity index (χ2n) is 7.27. The second kappa shape index (κ2) is 7.07. The van der Waals surface area contributed by atoms with Crippen molar-refractivity contribution in [1.29, 1.82) is 0 Å². The van der Waals surface area contributed by atoms with Crippen LogP contribution in [0.3, 0.4) is 0 Å². The first kappa shape index (κ1) is 17.0. The summed E-state index contributed by atoms with van der Waals surface area (Å²) in [6, 6.07) is 14.2.